The summed E-state index contributed by atoms with van der Waals surface area (Å²) in [5.74, 6) is 0.242. The van der Waals surface area contributed by atoms with Crippen LogP contribution >= 0.6 is 0 Å². The first-order chi connectivity index (χ1) is 6.91. The molecule has 4 heteroatoms. The lowest BCUT2D eigenvalue weighted by atomic mass is 10.1. The van der Waals surface area contributed by atoms with E-state index >= 15 is 0 Å². The predicted molar refractivity (Wildman–Crippen MR) is 58.2 cm³/mol. The second-order valence-electron chi connectivity index (χ2n) is 3.55. The van der Waals surface area contributed by atoms with Crippen LogP contribution < -0.4 is 0 Å². The van der Waals surface area contributed by atoms with Gasteiger partial charge in [0, 0.05) is 13.0 Å². The summed E-state index contributed by atoms with van der Waals surface area (Å²) in [6.45, 7) is 4.97. The largest absolute Gasteiger partial charge is 0.507 e. The number of aryl methyl sites for hydroxylation is 2. The molecule has 1 aromatic rings. The van der Waals surface area contributed by atoms with Gasteiger partial charge in [-0.3, -0.25) is 10.1 Å². The topological polar surface area (TPSA) is 63.4 Å². The summed E-state index contributed by atoms with van der Waals surface area (Å²) < 4.78 is 0. The molecule has 15 heavy (non-hydrogen) atoms. The summed E-state index contributed by atoms with van der Waals surface area (Å²) >= 11 is 0. The molecule has 0 aliphatic heterocycles. The first-order valence-electron chi connectivity index (χ1n) is 4.54. The van der Waals surface area contributed by atoms with Crippen molar-refractivity contribution in [3.63, 3.8) is 0 Å². The van der Waals surface area contributed by atoms with Crippen LogP contribution in [0.15, 0.2) is 17.8 Å². The summed E-state index contributed by atoms with van der Waals surface area (Å²) in [6, 6.07) is 3.44. The van der Waals surface area contributed by atoms with Crippen LogP contribution in [0.3, 0.4) is 0 Å². The Kier molecular flexibility index (Phi) is 3.09. The van der Waals surface area contributed by atoms with Gasteiger partial charge in [0.15, 0.2) is 0 Å². The van der Waals surface area contributed by atoms with Gasteiger partial charge in [-0.05, 0) is 42.7 Å². The van der Waals surface area contributed by atoms with Gasteiger partial charge in [-0.15, -0.1) is 0 Å². The number of hydrogen-bond acceptors (Lipinski definition) is 3. The third-order valence-corrected chi connectivity index (χ3v) is 2.18. The minimum atomic E-state index is -0.433. The van der Waals surface area contributed by atoms with Crippen molar-refractivity contribution in [2.24, 2.45) is 0 Å². The Morgan fingerprint density at radius 3 is 2.27 bits per heavy atom. The van der Waals surface area contributed by atoms with Gasteiger partial charge < -0.3 is 5.11 Å². The fourth-order valence-electron chi connectivity index (χ4n) is 1.37. The van der Waals surface area contributed by atoms with Crippen LogP contribution in [0.4, 0.5) is 0 Å². The second kappa shape index (κ2) is 4.13. The third-order valence-electron chi connectivity index (χ3n) is 2.18. The lowest BCUT2D eigenvalue weighted by Gasteiger charge is -2.04. The Morgan fingerprint density at radius 2 is 1.87 bits per heavy atom. The van der Waals surface area contributed by atoms with Crippen molar-refractivity contribution in [3.05, 3.63) is 44.6 Å². The maximum atomic E-state index is 10.4. The molecule has 1 N–H and O–H groups in total. The molecule has 0 aromatic heterocycles. The molecule has 0 aliphatic carbocycles. The lowest BCUT2D eigenvalue weighted by molar-refractivity contribution is -0.422. The number of rotatable bonds is 2. The monoisotopic (exact) mass is 207 g/mol. The van der Waals surface area contributed by atoms with Crippen LogP contribution in [0.25, 0.3) is 6.08 Å². The van der Waals surface area contributed by atoms with Crippen LogP contribution in [0.1, 0.15) is 23.6 Å². The van der Waals surface area contributed by atoms with Gasteiger partial charge in [-0.25, -0.2) is 0 Å². The predicted octanol–water partition coefficient (Wildman–Crippen LogP) is 2.65. The molecule has 0 atom stereocenters. The average Bonchev–Trinajstić information content (AvgIpc) is 2.13. The van der Waals surface area contributed by atoms with Crippen LogP contribution in [0.2, 0.25) is 0 Å². The zero-order valence-corrected chi connectivity index (χ0v) is 8.94. The SMILES string of the molecule is C/C(=C\c1cc(C)c(O)c(C)c1)[N+](=O)[O-]. The molecule has 4 nitrogen and oxygen atoms in total. The van der Waals surface area contributed by atoms with E-state index in [1.54, 1.807) is 26.0 Å². The Bertz CT molecular complexity index is 412. The second-order valence-corrected chi connectivity index (χ2v) is 3.55. The normalized spacial score (nSPS) is 11.5. The van der Waals surface area contributed by atoms with Gasteiger partial charge >= 0.3 is 0 Å². The quantitative estimate of drug-likeness (QED) is 0.599. The van der Waals surface area contributed by atoms with Crippen molar-refractivity contribution in [1.29, 1.82) is 0 Å². The van der Waals surface area contributed by atoms with Gasteiger partial charge in [0.2, 0.25) is 5.70 Å². The van der Waals surface area contributed by atoms with Crippen molar-refractivity contribution in [3.8, 4) is 5.75 Å². The van der Waals surface area contributed by atoms with E-state index in [4.69, 9.17) is 0 Å². The molecule has 0 radical (unpaired) electrons. The fraction of sp³-hybridized carbons (Fsp3) is 0.273. The standard InChI is InChI=1S/C11H13NO3/c1-7-4-10(5-8(2)11(7)13)6-9(3)12(14)15/h4-6,13H,1-3H3/b9-6+. The summed E-state index contributed by atoms with van der Waals surface area (Å²) in [7, 11) is 0. The molecule has 0 aliphatic rings. The first-order valence-corrected chi connectivity index (χ1v) is 4.54. The summed E-state index contributed by atoms with van der Waals surface area (Å²) in [5, 5.41) is 19.9. The Hall–Kier alpha value is -1.84. The van der Waals surface area contributed by atoms with Crippen molar-refractivity contribution in [2.75, 3.05) is 0 Å². The van der Waals surface area contributed by atoms with E-state index in [0.29, 0.717) is 0 Å². The molecule has 0 amide bonds. The molecule has 1 rings (SSSR count). The van der Waals surface area contributed by atoms with Gasteiger partial charge in [-0.2, -0.15) is 0 Å². The van der Waals surface area contributed by atoms with Crippen LogP contribution in [-0.4, -0.2) is 10.0 Å². The highest BCUT2D eigenvalue weighted by Gasteiger charge is 2.05. The number of nitro groups is 1. The van der Waals surface area contributed by atoms with E-state index in [1.807, 2.05) is 0 Å². The number of phenolic OH excluding ortho intramolecular Hbond substituents is 1. The molecular formula is C11H13NO3. The van der Waals surface area contributed by atoms with Gasteiger partial charge in [0.25, 0.3) is 0 Å². The molecule has 0 spiro atoms. The molecule has 80 valence electrons. The van der Waals surface area contributed by atoms with Crippen molar-refractivity contribution >= 4 is 6.08 Å². The summed E-state index contributed by atoms with van der Waals surface area (Å²) in [6.07, 6.45) is 1.49. The highest BCUT2D eigenvalue weighted by atomic mass is 16.6. The molecular weight excluding hydrogens is 194 g/mol. The maximum Gasteiger partial charge on any atom is 0.243 e. The van der Waals surface area contributed by atoms with E-state index in [0.717, 1.165) is 16.7 Å². The highest BCUT2D eigenvalue weighted by Crippen LogP contribution is 2.24. The maximum absolute atomic E-state index is 10.4. The molecule has 1 aromatic carbocycles. The van der Waals surface area contributed by atoms with E-state index in [2.05, 4.69) is 0 Å². The summed E-state index contributed by atoms with van der Waals surface area (Å²) in [5.41, 5.74) is 2.26. The van der Waals surface area contributed by atoms with E-state index < -0.39 is 4.92 Å². The zero-order chi connectivity index (χ0) is 11.6. The lowest BCUT2D eigenvalue weighted by Crippen LogP contribution is -1.93. The smallest absolute Gasteiger partial charge is 0.243 e. The van der Waals surface area contributed by atoms with Crippen LogP contribution in [0.5, 0.6) is 5.75 Å². The number of hydrogen-bond donors (Lipinski definition) is 1. The van der Waals surface area contributed by atoms with E-state index in [1.165, 1.54) is 13.0 Å². The third kappa shape index (κ3) is 2.56. The Morgan fingerprint density at radius 1 is 1.40 bits per heavy atom. The number of benzene rings is 1. The van der Waals surface area contributed by atoms with Crippen molar-refractivity contribution in [1.82, 2.24) is 0 Å². The zero-order valence-electron chi connectivity index (χ0n) is 8.94. The number of nitrogens with zero attached hydrogens (tertiary/aromatic N) is 1. The minimum absolute atomic E-state index is 0.0829. The van der Waals surface area contributed by atoms with Crippen LogP contribution in [-0.2, 0) is 0 Å². The molecule has 0 heterocycles. The Balaban J connectivity index is 3.18. The highest BCUT2D eigenvalue weighted by molar-refractivity contribution is 5.56. The molecule has 0 saturated heterocycles. The number of phenols is 1. The first kappa shape index (κ1) is 11.2. The summed E-state index contributed by atoms with van der Waals surface area (Å²) in [4.78, 5) is 10.00. The Labute approximate surface area is 88.0 Å². The van der Waals surface area contributed by atoms with Crippen molar-refractivity contribution < 1.29 is 10.0 Å². The van der Waals surface area contributed by atoms with Gasteiger partial charge in [0.05, 0.1) is 4.92 Å². The van der Waals surface area contributed by atoms with Gasteiger partial charge in [0.1, 0.15) is 5.75 Å². The average molecular weight is 207 g/mol. The number of aromatic hydroxyl groups is 1. The fourth-order valence-corrected chi connectivity index (χ4v) is 1.37. The molecule has 0 saturated carbocycles. The van der Waals surface area contributed by atoms with E-state index in [9.17, 15) is 15.2 Å². The van der Waals surface area contributed by atoms with Crippen molar-refractivity contribution in [2.45, 2.75) is 20.8 Å². The molecule has 0 unspecified atom stereocenters. The minimum Gasteiger partial charge on any atom is -0.507 e. The van der Waals surface area contributed by atoms with E-state index in [-0.39, 0.29) is 11.4 Å². The molecule has 0 bridgehead atoms. The van der Waals surface area contributed by atoms with Crippen LogP contribution in [0, 0.1) is 24.0 Å². The molecule has 0 fully saturated rings. The number of allylic oxidation sites excluding steroid dienone is 1. The van der Waals surface area contributed by atoms with Gasteiger partial charge in [-0.1, -0.05) is 0 Å².